The third-order valence-corrected chi connectivity index (χ3v) is 2.37. The van der Waals surface area contributed by atoms with E-state index in [4.69, 9.17) is 0 Å². The summed E-state index contributed by atoms with van der Waals surface area (Å²) >= 11 is 0. The molecule has 0 heterocycles. The van der Waals surface area contributed by atoms with Crippen molar-refractivity contribution in [2.24, 2.45) is 5.92 Å². The molecular weight excluding hydrogens is 174 g/mol. The maximum atomic E-state index is 11.9. The van der Waals surface area contributed by atoms with Gasteiger partial charge in [-0.25, -0.2) is 0 Å². The SMILES string of the molecule is CNCC(C)C(=O)c1ccccc1C. The van der Waals surface area contributed by atoms with Crippen molar-refractivity contribution in [1.29, 1.82) is 0 Å². The molecule has 0 spiro atoms. The predicted octanol–water partition coefficient (Wildman–Crippen LogP) is 2.03. The van der Waals surface area contributed by atoms with Crippen molar-refractivity contribution in [1.82, 2.24) is 5.32 Å². The number of Topliss-reactive ketones (excluding diaryl/α,β-unsaturated/α-hetero) is 1. The molecule has 0 saturated heterocycles. The first-order chi connectivity index (χ1) is 6.66. The van der Waals surface area contributed by atoms with Crippen LogP contribution >= 0.6 is 0 Å². The molecule has 0 fully saturated rings. The summed E-state index contributed by atoms with van der Waals surface area (Å²) in [5.41, 5.74) is 1.90. The molecule has 1 atom stereocenters. The number of carbonyl (C=O) groups is 1. The quantitative estimate of drug-likeness (QED) is 0.738. The fourth-order valence-electron chi connectivity index (χ4n) is 1.51. The molecule has 0 aromatic heterocycles. The second-order valence-corrected chi connectivity index (χ2v) is 3.64. The fourth-order valence-corrected chi connectivity index (χ4v) is 1.51. The van der Waals surface area contributed by atoms with E-state index in [9.17, 15) is 4.79 Å². The van der Waals surface area contributed by atoms with Crippen LogP contribution in [0, 0.1) is 12.8 Å². The maximum Gasteiger partial charge on any atom is 0.167 e. The van der Waals surface area contributed by atoms with Gasteiger partial charge >= 0.3 is 0 Å². The van der Waals surface area contributed by atoms with Crippen LogP contribution in [0.4, 0.5) is 0 Å². The van der Waals surface area contributed by atoms with Gasteiger partial charge in [-0.2, -0.15) is 0 Å². The molecule has 0 amide bonds. The summed E-state index contributed by atoms with van der Waals surface area (Å²) in [4.78, 5) is 11.9. The number of rotatable bonds is 4. The summed E-state index contributed by atoms with van der Waals surface area (Å²) in [7, 11) is 1.86. The number of nitrogens with one attached hydrogen (secondary N) is 1. The Balaban J connectivity index is 2.84. The van der Waals surface area contributed by atoms with E-state index in [0.717, 1.165) is 17.7 Å². The van der Waals surface area contributed by atoms with E-state index < -0.39 is 0 Å². The van der Waals surface area contributed by atoms with Crippen LogP contribution in [0.3, 0.4) is 0 Å². The summed E-state index contributed by atoms with van der Waals surface area (Å²) in [6, 6.07) is 7.73. The van der Waals surface area contributed by atoms with Crippen molar-refractivity contribution in [3.8, 4) is 0 Å². The van der Waals surface area contributed by atoms with Crippen molar-refractivity contribution in [2.75, 3.05) is 13.6 Å². The van der Waals surface area contributed by atoms with E-state index in [-0.39, 0.29) is 11.7 Å². The third-order valence-electron chi connectivity index (χ3n) is 2.37. The van der Waals surface area contributed by atoms with E-state index in [1.54, 1.807) is 0 Å². The minimum Gasteiger partial charge on any atom is -0.319 e. The highest BCUT2D eigenvalue weighted by Crippen LogP contribution is 2.12. The van der Waals surface area contributed by atoms with Crippen molar-refractivity contribution >= 4 is 5.78 Å². The topological polar surface area (TPSA) is 29.1 Å². The van der Waals surface area contributed by atoms with Crippen molar-refractivity contribution in [2.45, 2.75) is 13.8 Å². The van der Waals surface area contributed by atoms with Gasteiger partial charge < -0.3 is 5.32 Å². The average molecular weight is 191 g/mol. The fraction of sp³-hybridized carbons (Fsp3) is 0.417. The Hall–Kier alpha value is -1.15. The molecule has 0 aliphatic heterocycles. The molecule has 0 aliphatic carbocycles. The zero-order valence-electron chi connectivity index (χ0n) is 9.00. The normalized spacial score (nSPS) is 12.5. The van der Waals surface area contributed by atoms with Gasteiger partial charge in [0.25, 0.3) is 0 Å². The van der Waals surface area contributed by atoms with Crippen LogP contribution in [-0.4, -0.2) is 19.4 Å². The van der Waals surface area contributed by atoms with E-state index in [0.29, 0.717) is 0 Å². The molecule has 0 saturated carbocycles. The van der Waals surface area contributed by atoms with Crippen LogP contribution < -0.4 is 5.32 Å². The van der Waals surface area contributed by atoms with Crippen molar-refractivity contribution < 1.29 is 4.79 Å². The van der Waals surface area contributed by atoms with Crippen LogP contribution in [0.5, 0.6) is 0 Å². The number of hydrogen-bond donors (Lipinski definition) is 1. The Morgan fingerprint density at radius 2 is 2.07 bits per heavy atom. The Morgan fingerprint density at radius 3 is 2.64 bits per heavy atom. The molecule has 2 heteroatoms. The highest BCUT2D eigenvalue weighted by molar-refractivity contribution is 5.99. The molecule has 1 aromatic carbocycles. The van der Waals surface area contributed by atoms with Crippen molar-refractivity contribution in [3.63, 3.8) is 0 Å². The number of benzene rings is 1. The molecule has 1 N–H and O–H groups in total. The van der Waals surface area contributed by atoms with Gasteiger partial charge in [0.05, 0.1) is 0 Å². The molecule has 2 nitrogen and oxygen atoms in total. The minimum absolute atomic E-state index is 0.0427. The first kappa shape index (κ1) is 10.9. The van der Waals surface area contributed by atoms with Crippen LogP contribution in [0.1, 0.15) is 22.8 Å². The Kier molecular flexibility index (Phi) is 3.84. The van der Waals surface area contributed by atoms with Gasteiger partial charge in [-0.05, 0) is 19.5 Å². The average Bonchev–Trinajstić information content (AvgIpc) is 2.18. The third kappa shape index (κ3) is 2.42. The molecule has 14 heavy (non-hydrogen) atoms. The monoisotopic (exact) mass is 191 g/mol. The van der Waals surface area contributed by atoms with Gasteiger partial charge in [0, 0.05) is 18.0 Å². The van der Waals surface area contributed by atoms with Crippen LogP contribution in [0.2, 0.25) is 0 Å². The molecular formula is C12H17NO. The van der Waals surface area contributed by atoms with Gasteiger partial charge in [0.15, 0.2) is 5.78 Å². The second kappa shape index (κ2) is 4.91. The molecule has 1 aromatic rings. The maximum absolute atomic E-state index is 11.9. The Morgan fingerprint density at radius 1 is 1.43 bits per heavy atom. The molecule has 0 bridgehead atoms. The van der Waals surface area contributed by atoms with Crippen molar-refractivity contribution in [3.05, 3.63) is 35.4 Å². The zero-order chi connectivity index (χ0) is 10.6. The second-order valence-electron chi connectivity index (χ2n) is 3.64. The number of carbonyl (C=O) groups excluding carboxylic acids is 1. The molecule has 0 radical (unpaired) electrons. The summed E-state index contributed by atoms with van der Waals surface area (Å²) in [5.74, 6) is 0.263. The van der Waals surface area contributed by atoms with E-state index in [1.165, 1.54) is 0 Å². The van der Waals surface area contributed by atoms with Crippen LogP contribution in [0.25, 0.3) is 0 Å². The lowest BCUT2D eigenvalue weighted by Gasteiger charge is -2.11. The van der Waals surface area contributed by atoms with E-state index >= 15 is 0 Å². The largest absolute Gasteiger partial charge is 0.319 e. The van der Waals surface area contributed by atoms with Crippen LogP contribution in [0.15, 0.2) is 24.3 Å². The van der Waals surface area contributed by atoms with Crippen LogP contribution in [-0.2, 0) is 0 Å². The first-order valence-corrected chi connectivity index (χ1v) is 4.91. The first-order valence-electron chi connectivity index (χ1n) is 4.91. The predicted molar refractivity (Wildman–Crippen MR) is 58.6 cm³/mol. The summed E-state index contributed by atoms with van der Waals surface area (Å²) in [5, 5.41) is 3.02. The Labute approximate surface area is 85.3 Å². The molecule has 1 unspecified atom stereocenters. The number of aryl methyl sites for hydroxylation is 1. The molecule has 1 rings (SSSR count). The van der Waals surface area contributed by atoms with Gasteiger partial charge in [0.1, 0.15) is 0 Å². The van der Waals surface area contributed by atoms with E-state index in [1.807, 2.05) is 45.2 Å². The molecule has 76 valence electrons. The van der Waals surface area contributed by atoms with Gasteiger partial charge in [-0.15, -0.1) is 0 Å². The molecule has 0 aliphatic rings. The lowest BCUT2D eigenvalue weighted by atomic mass is 9.96. The lowest BCUT2D eigenvalue weighted by molar-refractivity contribution is 0.0929. The number of ketones is 1. The Bertz CT molecular complexity index is 320. The zero-order valence-corrected chi connectivity index (χ0v) is 9.00. The van der Waals surface area contributed by atoms with E-state index in [2.05, 4.69) is 5.32 Å². The summed E-state index contributed by atoms with van der Waals surface area (Å²) < 4.78 is 0. The lowest BCUT2D eigenvalue weighted by Crippen LogP contribution is -2.24. The standard InChI is InChI=1S/C12H17NO/c1-9-6-4-5-7-11(9)12(14)10(2)8-13-3/h4-7,10,13H,8H2,1-3H3. The minimum atomic E-state index is 0.0427. The van der Waals surface area contributed by atoms with Gasteiger partial charge in [-0.1, -0.05) is 31.2 Å². The highest BCUT2D eigenvalue weighted by Gasteiger charge is 2.15. The van der Waals surface area contributed by atoms with Gasteiger partial charge in [0.2, 0.25) is 0 Å². The van der Waals surface area contributed by atoms with Gasteiger partial charge in [-0.3, -0.25) is 4.79 Å². The number of hydrogen-bond acceptors (Lipinski definition) is 2. The smallest absolute Gasteiger partial charge is 0.167 e. The highest BCUT2D eigenvalue weighted by atomic mass is 16.1. The summed E-state index contributed by atoms with van der Waals surface area (Å²) in [6.45, 7) is 4.65. The summed E-state index contributed by atoms with van der Waals surface area (Å²) in [6.07, 6.45) is 0.